The Kier molecular flexibility index (Phi) is 3.78. The van der Waals surface area contributed by atoms with Crippen LogP contribution in [0.2, 0.25) is 0 Å². The van der Waals surface area contributed by atoms with Crippen LogP contribution in [-0.4, -0.2) is 21.3 Å². The molecule has 1 heterocycles. The molecular weight excluding hydrogens is 255 g/mol. The van der Waals surface area contributed by atoms with Gasteiger partial charge in [0, 0.05) is 30.6 Å². The van der Waals surface area contributed by atoms with Gasteiger partial charge >= 0.3 is 0 Å². The molecule has 0 spiro atoms. The van der Waals surface area contributed by atoms with Gasteiger partial charge in [-0.3, -0.25) is 0 Å². The predicted molar refractivity (Wildman–Crippen MR) is 74.8 cm³/mol. The summed E-state index contributed by atoms with van der Waals surface area (Å²) in [5.74, 6) is 1.53. The van der Waals surface area contributed by atoms with Crippen LogP contribution in [0, 0.1) is 5.82 Å². The topological polar surface area (TPSA) is 42.7 Å². The van der Waals surface area contributed by atoms with Crippen LogP contribution in [0.5, 0.6) is 0 Å². The summed E-state index contributed by atoms with van der Waals surface area (Å²) in [7, 11) is 0. The summed E-state index contributed by atoms with van der Waals surface area (Å²) >= 11 is 0. The number of aromatic nitrogens is 3. The van der Waals surface area contributed by atoms with E-state index in [1.165, 1.54) is 18.9 Å². The van der Waals surface area contributed by atoms with Gasteiger partial charge in [0.25, 0.3) is 0 Å². The lowest BCUT2D eigenvalue weighted by molar-refractivity contribution is 0.499. The maximum atomic E-state index is 13.7. The van der Waals surface area contributed by atoms with Crippen molar-refractivity contribution in [2.45, 2.75) is 38.3 Å². The molecule has 0 radical (unpaired) electrons. The quantitative estimate of drug-likeness (QED) is 0.880. The minimum Gasteiger partial charge on any atom is -0.316 e. The first-order valence-electron chi connectivity index (χ1n) is 7.11. The fraction of sp³-hybridized carbons (Fsp3) is 0.467. The third-order valence-corrected chi connectivity index (χ3v) is 3.76. The summed E-state index contributed by atoms with van der Waals surface area (Å²) in [6, 6.07) is 6.89. The van der Waals surface area contributed by atoms with Gasteiger partial charge in [-0.2, -0.15) is 0 Å². The first kappa shape index (κ1) is 13.2. The fourth-order valence-electron chi connectivity index (χ4n) is 2.43. The average molecular weight is 274 g/mol. The van der Waals surface area contributed by atoms with Crippen LogP contribution in [0.15, 0.2) is 30.6 Å². The van der Waals surface area contributed by atoms with Crippen molar-refractivity contribution in [1.82, 2.24) is 20.1 Å². The van der Waals surface area contributed by atoms with Crippen LogP contribution in [0.3, 0.4) is 0 Å². The molecule has 1 aromatic heterocycles. The molecule has 4 nitrogen and oxygen atoms in total. The minimum atomic E-state index is -0.157. The molecule has 0 bridgehead atoms. The second-order valence-electron chi connectivity index (χ2n) is 5.35. The number of hydrogen-bond acceptors (Lipinski definition) is 3. The molecule has 0 saturated heterocycles. The normalized spacial score (nSPS) is 16.3. The van der Waals surface area contributed by atoms with Crippen LogP contribution in [0.25, 0.3) is 0 Å². The molecule has 5 heteroatoms. The van der Waals surface area contributed by atoms with E-state index in [0.717, 1.165) is 18.9 Å². The molecule has 2 aromatic rings. The Morgan fingerprint density at radius 2 is 2.20 bits per heavy atom. The van der Waals surface area contributed by atoms with Crippen molar-refractivity contribution in [3.8, 4) is 0 Å². The average Bonchev–Trinajstić information content (AvgIpc) is 3.19. The summed E-state index contributed by atoms with van der Waals surface area (Å²) in [5.41, 5.74) is 0.707. The lowest BCUT2D eigenvalue weighted by atomic mass is 10.1. The maximum absolute atomic E-state index is 13.7. The van der Waals surface area contributed by atoms with Gasteiger partial charge in [-0.05, 0) is 25.8 Å². The smallest absolute Gasteiger partial charge is 0.135 e. The summed E-state index contributed by atoms with van der Waals surface area (Å²) in [6.45, 7) is 3.57. The van der Waals surface area contributed by atoms with E-state index in [9.17, 15) is 4.39 Å². The van der Waals surface area contributed by atoms with Crippen molar-refractivity contribution in [3.05, 3.63) is 47.8 Å². The zero-order valence-corrected chi connectivity index (χ0v) is 11.6. The molecular formula is C15H19FN4. The highest BCUT2D eigenvalue weighted by molar-refractivity contribution is 5.20. The maximum Gasteiger partial charge on any atom is 0.135 e. The highest BCUT2D eigenvalue weighted by atomic mass is 19.1. The molecule has 0 amide bonds. The zero-order chi connectivity index (χ0) is 13.9. The lowest BCUT2D eigenvalue weighted by Crippen LogP contribution is -2.24. The second kappa shape index (κ2) is 5.71. The monoisotopic (exact) mass is 274 g/mol. The molecule has 0 unspecified atom stereocenters. The van der Waals surface area contributed by atoms with Crippen molar-refractivity contribution in [1.29, 1.82) is 0 Å². The van der Waals surface area contributed by atoms with Gasteiger partial charge in [0.2, 0.25) is 0 Å². The molecule has 1 aromatic carbocycles. The lowest BCUT2D eigenvalue weighted by Gasteiger charge is -2.15. The fourth-order valence-corrected chi connectivity index (χ4v) is 2.43. The number of nitrogens with zero attached hydrogens (tertiary/aromatic N) is 3. The third kappa shape index (κ3) is 2.88. The van der Waals surface area contributed by atoms with Crippen molar-refractivity contribution >= 4 is 0 Å². The molecule has 106 valence electrons. The van der Waals surface area contributed by atoms with Crippen LogP contribution in [0.4, 0.5) is 4.39 Å². The Labute approximate surface area is 118 Å². The van der Waals surface area contributed by atoms with E-state index < -0.39 is 0 Å². The third-order valence-electron chi connectivity index (χ3n) is 3.76. The summed E-state index contributed by atoms with van der Waals surface area (Å²) < 4.78 is 15.7. The zero-order valence-electron chi connectivity index (χ0n) is 11.6. The molecule has 1 N–H and O–H groups in total. The Morgan fingerprint density at radius 1 is 1.40 bits per heavy atom. The highest BCUT2D eigenvalue weighted by Gasteiger charge is 2.28. The van der Waals surface area contributed by atoms with Gasteiger partial charge in [-0.25, -0.2) is 4.39 Å². The molecule has 0 aliphatic heterocycles. The van der Waals surface area contributed by atoms with Gasteiger partial charge in [-0.15, -0.1) is 10.2 Å². The van der Waals surface area contributed by atoms with E-state index in [1.54, 1.807) is 12.4 Å². The standard InChI is InChI=1S/C15H19FN4/c1-11(13-4-2-3-5-14(13)16)17-8-9-20-10-18-19-15(20)12-6-7-12/h2-5,10-12,17H,6-9H2,1H3/t11-/m0/s1. The Morgan fingerprint density at radius 3 is 2.95 bits per heavy atom. The van der Waals surface area contributed by atoms with E-state index in [4.69, 9.17) is 0 Å². The Bertz CT molecular complexity index is 577. The van der Waals surface area contributed by atoms with Crippen LogP contribution < -0.4 is 5.32 Å². The Balaban J connectivity index is 1.54. The largest absolute Gasteiger partial charge is 0.316 e. The van der Waals surface area contributed by atoms with Gasteiger partial charge in [0.1, 0.15) is 18.0 Å². The van der Waals surface area contributed by atoms with Gasteiger partial charge in [0.05, 0.1) is 0 Å². The van der Waals surface area contributed by atoms with Gasteiger partial charge in [-0.1, -0.05) is 18.2 Å². The Hall–Kier alpha value is -1.75. The van der Waals surface area contributed by atoms with E-state index >= 15 is 0 Å². The summed E-state index contributed by atoms with van der Waals surface area (Å²) in [6.07, 6.45) is 4.22. The van der Waals surface area contributed by atoms with Crippen molar-refractivity contribution in [3.63, 3.8) is 0 Å². The molecule has 3 rings (SSSR count). The van der Waals surface area contributed by atoms with E-state index in [0.29, 0.717) is 11.5 Å². The van der Waals surface area contributed by atoms with Crippen LogP contribution in [-0.2, 0) is 6.54 Å². The summed E-state index contributed by atoms with van der Waals surface area (Å²) in [5, 5.41) is 11.5. The molecule has 20 heavy (non-hydrogen) atoms. The number of benzene rings is 1. The molecule has 1 aliphatic rings. The van der Waals surface area contributed by atoms with E-state index in [-0.39, 0.29) is 11.9 Å². The number of halogens is 1. The molecule has 1 saturated carbocycles. The predicted octanol–water partition coefficient (Wildman–Crippen LogP) is 2.65. The number of nitrogens with one attached hydrogen (secondary N) is 1. The van der Waals surface area contributed by atoms with E-state index in [2.05, 4.69) is 20.1 Å². The molecule has 1 fully saturated rings. The summed E-state index contributed by atoms with van der Waals surface area (Å²) in [4.78, 5) is 0. The first-order valence-corrected chi connectivity index (χ1v) is 7.11. The second-order valence-corrected chi connectivity index (χ2v) is 5.35. The van der Waals surface area contributed by atoms with Crippen LogP contribution in [0.1, 0.15) is 43.1 Å². The first-order chi connectivity index (χ1) is 9.75. The minimum absolute atomic E-state index is 0.00273. The van der Waals surface area contributed by atoms with E-state index in [1.807, 2.05) is 19.1 Å². The van der Waals surface area contributed by atoms with Crippen molar-refractivity contribution in [2.24, 2.45) is 0 Å². The van der Waals surface area contributed by atoms with Gasteiger partial charge < -0.3 is 9.88 Å². The van der Waals surface area contributed by atoms with Gasteiger partial charge in [0.15, 0.2) is 0 Å². The molecule has 1 atom stereocenters. The highest BCUT2D eigenvalue weighted by Crippen LogP contribution is 2.38. The van der Waals surface area contributed by atoms with Crippen LogP contribution >= 0.6 is 0 Å². The SMILES string of the molecule is C[C@H](NCCn1cnnc1C1CC1)c1ccccc1F. The van der Waals surface area contributed by atoms with Crippen molar-refractivity contribution < 1.29 is 4.39 Å². The van der Waals surface area contributed by atoms with Crippen molar-refractivity contribution in [2.75, 3.05) is 6.54 Å². The number of hydrogen-bond donors (Lipinski definition) is 1. The number of rotatable bonds is 6. The molecule has 1 aliphatic carbocycles.